The number of hydrogen-bond acceptors (Lipinski definition) is 5. The molecule has 3 N–H and O–H groups in total. The van der Waals surface area contributed by atoms with Gasteiger partial charge in [0.05, 0.1) is 11.1 Å². The molecule has 6 nitrogen and oxygen atoms in total. The van der Waals surface area contributed by atoms with Crippen molar-refractivity contribution in [2.75, 3.05) is 5.32 Å². The van der Waals surface area contributed by atoms with Gasteiger partial charge < -0.3 is 15.8 Å². The summed E-state index contributed by atoms with van der Waals surface area (Å²) in [6, 6.07) is 14.3. The summed E-state index contributed by atoms with van der Waals surface area (Å²) in [7, 11) is 0. The highest BCUT2D eigenvalue weighted by molar-refractivity contribution is 7.14. The van der Waals surface area contributed by atoms with Gasteiger partial charge in [0, 0.05) is 0 Å². The van der Waals surface area contributed by atoms with Crippen molar-refractivity contribution in [1.29, 1.82) is 0 Å². The van der Waals surface area contributed by atoms with Crippen LogP contribution in [0.2, 0.25) is 0 Å². The summed E-state index contributed by atoms with van der Waals surface area (Å²) in [4.78, 5) is 35.8. The van der Waals surface area contributed by atoms with Crippen LogP contribution in [0.3, 0.4) is 0 Å². The average molecular weight is 368 g/mol. The maximum Gasteiger partial charge on any atom is 0.338 e. The maximum atomic E-state index is 12.3. The Morgan fingerprint density at radius 1 is 1.08 bits per heavy atom. The lowest BCUT2D eigenvalue weighted by atomic mass is 10.1. The lowest BCUT2D eigenvalue weighted by Crippen LogP contribution is -2.30. The first-order valence-electron chi connectivity index (χ1n) is 7.83. The van der Waals surface area contributed by atoms with Gasteiger partial charge in [-0.2, -0.15) is 0 Å². The van der Waals surface area contributed by atoms with Crippen molar-refractivity contribution in [3.63, 3.8) is 0 Å². The molecule has 26 heavy (non-hydrogen) atoms. The maximum absolute atomic E-state index is 12.3. The molecule has 0 aliphatic carbocycles. The molecule has 7 heteroatoms. The third-order valence-corrected chi connectivity index (χ3v) is 4.64. The second kappa shape index (κ2) is 7.37. The minimum Gasteiger partial charge on any atom is -0.449 e. The second-order valence-corrected chi connectivity index (χ2v) is 6.54. The van der Waals surface area contributed by atoms with E-state index in [1.165, 1.54) is 24.3 Å². The zero-order valence-corrected chi connectivity index (χ0v) is 14.7. The highest BCUT2D eigenvalue weighted by Gasteiger charge is 2.21. The number of primary amides is 1. The third-order valence-electron chi connectivity index (χ3n) is 3.81. The summed E-state index contributed by atoms with van der Waals surface area (Å²) < 4.78 is 5.23. The lowest BCUT2D eigenvalue weighted by Gasteiger charge is -2.13. The van der Waals surface area contributed by atoms with E-state index in [1.54, 1.807) is 17.5 Å². The fraction of sp³-hybridized carbons (Fsp3) is 0.105. The molecule has 1 aromatic heterocycles. The smallest absolute Gasteiger partial charge is 0.338 e. The van der Waals surface area contributed by atoms with Crippen molar-refractivity contribution >= 4 is 44.9 Å². The molecule has 0 saturated heterocycles. The van der Waals surface area contributed by atoms with E-state index in [-0.39, 0.29) is 5.56 Å². The number of carbonyl (C=O) groups excluding carboxylic acids is 3. The summed E-state index contributed by atoms with van der Waals surface area (Å²) >= 11 is 1.17. The Labute approximate surface area is 153 Å². The van der Waals surface area contributed by atoms with Crippen LogP contribution in [0.1, 0.15) is 27.6 Å². The highest BCUT2D eigenvalue weighted by atomic mass is 32.1. The van der Waals surface area contributed by atoms with Gasteiger partial charge in [-0.15, -0.1) is 11.3 Å². The Morgan fingerprint density at radius 2 is 1.81 bits per heavy atom. The van der Waals surface area contributed by atoms with Crippen molar-refractivity contribution in [2.24, 2.45) is 5.73 Å². The molecular weight excluding hydrogens is 352 g/mol. The van der Waals surface area contributed by atoms with Gasteiger partial charge in [0.2, 0.25) is 0 Å². The van der Waals surface area contributed by atoms with E-state index >= 15 is 0 Å². The first-order chi connectivity index (χ1) is 12.5. The molecule has 0 unspecified atom stereocenters. The van der Waals surface area contributed by atoms with Gasteiger partial charge in [-0.3, -0.25) is 9.59 Å². The molecule has 0 saturated carbocycles. The number of amides is 2. The average Bonchev–Trinajstić information content (AvgIpc) is 3.09. The SMILES string of the molecule is C[C@H](OC(=O)c1ccc2ccccc2c1)C(=O)Nc1sccc1C(N)=O. The lowest BCUT2D eigenvalue weighted by molar-refractivity contribution is -0.123. The van der Waals surface area contributed by atoms with Crippen LogP contribution < -0.4 is 11.1 Å². The van der Waals surface area contributed by atoms with Crippen molar-refractivity contribution in [2.45, 2.75) is 13.0 Å². The molecule has 0 spiro atoms. The second-order valence-electron chi connectivity index (χ2n) is 5.63. The van der Waals surface area contributed by atoms with Crippen molar-refractivity contribution in [1.82, 2.24) is 0 Å². The van der Waals surface area contributed by atoms with Crippen molar-refractivity contribution in [3.8, 4) is 0 Å². The van der Waals surface area contributed by atoms with Gasteiger partial charge in [-0.05, 0) is 41.3 Å². The zero-order chi connectivity index (χ0) is 18.7. The van der Waals surface area contributed by atoms with Crippen molar-refractivity contribution in [3.05, 3.63) is 65.0 Å². The van der Waals surface area contributed by atoms with Crippen LogP contribution in [-0.2, 0) is 9.53 Å². The summed E-state index contributed by atoms with van der Waals surface area (Å²) in [6.07, 6.45) is -1.03. The van der Waals surface area contributed by atoms with E-state index in [1.807, 2.05) is 30.3 Å². The van der Waals surface area contributed by atoms with Gasteiger partial charge in [0.15, 0.2) is 6.10 Å². The summed E-state index contributed by atoms with van der Waals surface area (Å²) in [5.41, 5.74) is 5.82. The standard InChI is InChI=1S/C19H16N2O4S/c1-11(17(23)21-18-15(16(20)22)8-9-26-18)25-19(24)14-7-6-12-4-2-3-5-13(12)10-14/h2-11H,1H3,(H2,20,22)(H,21,23)/t11-/m0/s1. The molecule has 3 aromatic rings. The minimum absolute atomic E-state index is 0.219. The number of carbonyl (C=O) groups is 3. The molecule has 0 aliphatic rings. The number of nitrogens with two attached hydrogens (primary N) is 1. The Hall–Kier alpha value is -3.19. The Morgan fingerprint density at radius 3 is 2.54 bits per heavy atom. The molecule has 1 heterocycles. The number of esters is 1. The number of rotatable bonds is 5. The zero-order valence-electron chi connectivity index (χ0n) is 13.9. The number of ether oxygens (including phenoxy) is 1. The first kappa shape index (κ1) is 17.6. The molecule has 0 fully saturated rings. The predicted octanol–water partition coefficient (Wildman–Crippen LogP) is 3.18. The third kappa shape index (κ3) is 3.73. The van der Waals surface area contributed by atoms with Gasteiger partial charge in [0.1, 0.15) is 5.00 Å². The van der Waals surface area contributed by atoms with Crippen molar-refractivity contribution < 1.29 is 19.1 Å². The number of thiophene rings is 1. The summed E-state index contributed by atoms with van der Waals surface area (Å²) in [5, 5.41) is 6.44. The molecule has 132 valence electrons. The van der Waals surface area contributed by atoms with Gasteiger partial charge in [-0.1, -0.05) is 30.3 Å². The summed E-state index contributed by atoms with van der Waals surface area (Å²) in [5.74, 6) is -1.77. The van der Waals surface area contributed by atoms with Crippen LogP contribution in [-0.4, -0.2) is 23.9 Å². The van der Waals surface area contributed by atoms with Crippen LogP contribution in [0.25, 0.3) is 10.8 Å². The van der Waals surface area contributed by atoms with Gasteiger partial charge in [-0.25, -0.2) is 4.79 Å². The van der Waals surface area contributed by atoms with Gasteiger partial charge in [0.25, 0.3) is 11.8 Å². The topological polar surface area (TPSA) is 98.5 Å². The predicted molar refractivity (Wildman–Crippen MR) is 100 cm³/mol. The molecule has 2 aromatic carbocycles. The molecule has 1 atom stereocenters. The van der Waals surface area contributed by atoms with E-state index in [4.69, 9.17) is 10.5 Å². The Bertz CT molecular complexity index is 996. The van der Waals surface area contributed by atoms with Crippen LogP contribution in [0.15, 0.2) is 53.9 Å². The van der Waals surface area contributed by atoms with E-state index in [2.05, 4.69) is 5.32 Å². The monoisotopic (exact) mass is 368 g/mol. The van der Waals surface area contributed by atoms with Gasteiger partial charge >= 0.3 is 5.97 Å². The molecule has 0 aliphatic heterocycles. The Balaban J connectivity index is 1.68. The van der Waals surface area contributed by atoms with E-state index in [0.717, 1.165) is 10.8 Å². The van der Waals surface area contributed by atoms with E-state index in [9.17, 15) is 14.4 Å². The largest absolute Gasteiger partial charge is 0.449 e. The number of nitrogens with one attached hydrogen (secondary N) is 1. The van der Waals surface area contributed by atoms with Crippen LogP contribution >= 0.6 is 11.3 Å². The number of benzene rings is 2. The van der Waals surface area contributed by atoms with Crippen LogP contribution in [0.5, 0.6) is 0 Å². The van der Waals surface area contributed by atoms with Crippen LogP contribution in [0.4, 0.5) is 5.00 Å². The number of fused-ring (bicyclic) bond motifs is 1. The fourth-order valence-electron chi connectivity index (χ4n) is 2.41. The molecule has 2 amide bonds. The quantitative estimate of drug-likeness (QED) is 0.676. The molecule has 0 bridgehead atoms. The number of hydrogen-bond donors (Lipinski definition) is 2. The highest BCUT2D eigenvalue weighted by Crippen LogP contribution is 2.23. The van der Waals surface area contributed by atoms with E-state index < -0.39 is 23.9 Å². The molecule has 0 radical (unpaired) electrons. The molecular formula is C19H16N2O4S. The fourth-order valence-corrected chi connectivity index (χ4v) is 3.21. The minimum atomic E-state index is -1.03. The summed E-state index contributed by atoms with van der Waals surface area (Å²) in [6.45, 7) is 1.46. The number of anilines is 1. The normalized spacial score (nSPS) is 11.7. The molecule has 3 rings (SSSR count). The van der Waals surface area contributed by atoms with E-state index in [0.29, 0.717) is 10.6 Å². The van der Waals surface area contributed by atoms with Crippen LogP contribution in [0, 0.1) is 0 Å². The Kier molecular flexibility index (Phi) is 4.99. The first-order valence-corrected chi connectivity index (χ1v) is 8.71.